The number of amides is 1. The number of thioether (sulfide) groups is 1. The Balaban J connectivity index is 1.59. The fourth-order valence-electron chi connectivity index (χ4n) is 2.17. The van der Waals surface area contributed by atoms with E-state index >= 15 is 0 Å². The van der Waals surface area contributed by atoms with Gasteiger partial charge in [0.15, 0.2) is 5.82 Å². The van der Waals surface area contributed by atoms with Crippen molar-refractivity contribution in [3.63, 3.8) is 0 Å². The van der Waals surface area contributed by atoms with Gasteiger partial charge >= 0.3 is 0 Å². The third kappa shape index (κ3) is 4.74. The van der Waals surface area contributed by atoms with Crippen LogP contribution in [0.3, 0.4) is 0 Å². The fourth-order valence-corrected chi connectivity index (χ4v) is 3.98. The van der Waals surface area contributed by atoms with Crippen molar-refractivity contribution in [3.8, 4) is 0 Å². The van der Waals surface area contributed by atoms with E-state index in [0.29, 0.717) is 11.4 Å². The molecule has 2 aromatic heterocycles. The van der Waals surface area contributed by atoms with E-state index in [-0.39, 0.29) is 11.3 Å². The topological polar surface area (TPSA) is 68.0 Å². The standard InChI is InChI=1S/C19H21N3O2S2/c1-12-10-25-18(20-12)26-11-13-5-7-14(8-6-13)17(23)21-16-9-15(24-22-16)19(2,3)4/h5-10H,11H2,1-4H3,(H,21,22,23). The first-order chi connectivity index (χ1) is 12.3. The molecule has 0 aliphatic heterocycles. The molecule has 0 fully saturated rings. The molecule has 5 nitrogen and oxygen atoms in total. The van der Waals surface area contributed by atoms with Gasteiger partial charge in [-0.15, -0.1) is 11.3 Å². The quantitative estimate of drug-likeness (QED) is 0.603. The maximum Gasteiger partial charge on any atom is 0.256 e. The van der Waals surface area contributed by atoms with Gasteiger partial charge < -0.3 is 9.84 Å². The number of nitrogens with zero attached hydrogens (tertiary/aromatic N) is 2. The average molecular weight is 388 g/mol. The number of hydrogen-bond acceptors (Lipinski definition) is 6. The molecule has 0 aliphatic carbocycles. The molecule has 0 saturated heterocycles. The molecule has 0 atom stereocenters. The molecule has 3 rings (SSSR count). The fraction of sp³-hybridized carbons (Fsp3) is 0.316. The molecule has 3 aromatic rings. The minimum Gasteiger partial charge on any atom is -0.359 e. The maximum absolute atomic E-state index is 12.4. The third-order valence-corrected chi connectivity index (χ3v) is 5.88. The smallest absolute Gasteiger partial charge is 0.256 e. The van der Waals surface area contributed by atoms with Gasteiger partial charge in [0.25, 0.3) is 5.91 Å². The maximum atomic E-state index is 12.4. The van der Waals surface area contributed by atoms with Crippen molar-refractivity contribution in [2.45, 2.75) is 43.2 Å². The Bertz CT molecular complexity index is 892. The summed E-state index contributed by atoms with van der Waals surface area (Å²) in [7, 11) is 0. The molecule has 0 aliphatic rings. The van der Waals surface area contributed by atoms with Crippen molar-refractivity contribution in [2.24, 2.45) is 0 Å². The molecule has 136 valence electrons. The Kier molecular flexibility index (Phi) is 5.48. The molecule has 26 heavy (non-hydrogen) atoms. The zero-order valence-electron chi connectivity index (χ0n) is 15.2. The monoisotopic (exact) mass is 387 g/mol. The minimum atomic E-state index is -0.200. The lowest BCUT2D eigenvalue weighted by molar-refractivity contribution is 0.102. The SMILES string of the molecule is Cc1csc(SCc2ccc(C(=O)Nc3cc(C(C)(C)C)on3)cc2)n1. The molecule has 0 bridgehead atoms. The Labute approximate surface area is 161 Å². The number of rotatable bonds is 5. The summed E-state index contributed by atoms with van der Waals surface area (Å²) in [6.45, 7) is 8.09. The van der Waals surface area contributed by atoms with E-state index < -0.39 is 0 Å². The number of carbonyl (C=O) groups excluding carboxylic acids is 1. The number of thiazole rings is 1. The molecule has 2 heterocycles. The first-order valence-electron chi connectivity index (χ1n) is 8.24. The van der Waals surface area contributed by atoms with Gasteiger partial charge in [0, 0.05) is 33.9 Å². The second kappa shape index (κ2) is 7.63. The van der Waals surface area contributed by atoms with Gasteiger partial charge in [0.2, 0.25) is 0 Å². The predicted molar refractivity (Wildman–Crippen MR) is 106 cm³/mol. The van der Waals surface area contributed by atoms with Crippen LogP contribution in [0.2, 0.25) is 0 Å². The molecule has 1 amide bonds. The number of aromatic nitrogens is 2. The number of benzene rings is 1. The van der Waals surface area contributed by atoms with Crippen molar-refractivity contribution in [2.75, 3.05) is 5.32 Å². The predicted octanol–water partition coefficient (Wildman–Crippen LogP) is 5.28. The third-order valence-electron chi connectivity index (χ3n) is 3.67. The van der Waals surface area contributed by atoms with Crippen molar-refractivity contribution in [1.82, 2.24) is 10.1 Å². The summed E-state index contributed by atoms with van der Waals surface area (Å²) in [5.74, 6) is 1.79. The highest BCUT2D eigenvalue weighted by molar-refractivity contribution is 8.00. The Morgan fingerprint density at radius 1 is 1.27 bits per heavy atom. The van der Waals surface area contributed by atoms with Crippen LogP contribution in [0.1, 0.15) is 48.1 Å². The summed E-state index contributed by atoms with van der Waals surface area (Å²) in [4.78, 5) is 16.8. The van der Waals surface area contributed by atoms with Gasteiger partial charge in [-0.25, -0.2) is 4.98 Å². The first kappa shape index (κ1) is 18.7. The molecule has 0 saturated carbocycles. The lowest BCUT2D eigenvalue weighted by Gasteiger charge is -2.12. The van der Waals surface area contributed by atoms with E-state index in [4.69, 9.17) is 4.52 Å². The molecular formula is C19H21N3O2S2. The molecule has 0 unspecified atom stereocenters. The first-order valence-corrected chi connectivity index (χ1v) is 10.1. The number of hydrogen-bond donors (Lipinski definition) is 1. The Morgan fingerprint density at radius 3 is 2.58 bits per heavy atom. The van der Waals surface area contributed by atoms with Crippen LogP contribution in [-0.4, -0.2) is 16.0 Å². The van der Waals surface area contributed by atoms with Crippen molar-refractivity contribution in [3.05, 3.63) is 58.3 Å². The molecule has 0 spiro atoms. The highest BCUT2D eigenvalue weighted by Crippen LogP contribution is 2.26. The van der Waals surface area contributed by atoms with Crippen LogP contribution in [-0.2, 0) is 11.2 Å². The average Bonchev–Trinajstić information content (AvgIpc) is 3.22. The normalized spacial score (nSPS) is 11.5. The van der Waals surface area contributed by atoms with Gasteiger partial charge in [-0.2, -0.15) is 0 Å². The lowest BCUT2D eigenvalue weighted by atomic mass is 9.93. The van der Waals surface area contributed by atoms with Crippen LogP contribution in [0.4, 0.5) is 5.82 Å². The number of carbonyl (C=O) groups is 1. The van der Waals surface area contributed by atoms with E-state index in [1.807, 2.05) is 57.3 Å². The van der Waals surface area contributed by atoms with Gasteiger partial charge in [-0.3, -0.25) is 4.79 Å². The van der Waals surface area contributed by atoms with Crippen LogP contribution >= 0.6 is 23.1 Å². The molecular weight excluding hydrogens is 366 g/mol. The molecule has 0 radical (unpaired) electrons. The van der Waals surface area contributed by atoms with Gasteiger partial charge in [-0.05, 0) is 24.6 Å². The van der Waals surface area contributed by atoms with E-state index in [1.54, 1.807) is 29.2 Å². The lowest BCUT2D eigenvalue weighted by Crippen LogP contribution is -2.12. The van der Waals surface area contributed by atoms with Crippen molar-refractivity contribution >= 4 is 34.8 Å². The summed E-state index contributed by atoms with van der Waals surface area (Å²) in [5, 5.41) is 8.73. The highest BCUT2D eigenvalue weighted by Gasteiger charge is 2.20. The Morgan fingerprint density at radius 2 is 2.00 bits per heavy atom. The summed E-state index contributed by atoms with van der Waals surface area (Å²) in [6.07, 6.45) is 0. The second-order valence-corrected chi connectivity index (χ2v) is 9.10. The van der Waals surface area contributed by atoms with Crippen LogP contribution < -0.4 is 5.32 Å². The Hall–Kier alpha value is -2.12. The largest absolute Gasteiger partial charge is 0.359 e. The van der Waals surface area contributed by atoms with Crippen LogP contribution in [0.25, 0.3) is 0 Å². The van der Waals surface area contributed by atoms with Crippen LogP contribution in [0.15, 0.2) is 44.6 Å². The minimum absolute atomic E-state index is 0.148. The van der Waals surface area contributed by atoms with E-state index in [9.17, 15) is 4.79 Å². The van der Waals surface area contributed by atoms with Crippen LogP contribution in [0, 0.1) is 6.92 Å². The van der Waals surface area contributed by atoms with Crippen LogP contribution in [0.5, 0.6) is 0 Å². The van der Waals surface area contributed by atoms with E-state index in [1.165, 1.54) is 0 Å². The van der Waals surface area contributed by atoms with Gasteiger partial charge in [0.1, 0.15) is 10.1 Å². The number of nitrogens with one attached hydrogen (secondary N) is 1. The summed E-state index contributed by atoms with van der Waals surface area (Å²) in [6, 6.07) is 9.34. The van der Waals surface area contributed by atoms with E-state index in [2.05, 4.69) is 15.5 Å². The summed E-state index contributed by atoms with van der Waals surface area (Å²) in [5.41, 5.74) is 2.64. The second-order valence-electron chi connectivity index (χ2n) is 7.02. The van der Waals surface area contributed by atoms with Gasteiger partial charge in [-0.1, -0.05) is 49.8 Å². The number of aryl methyl sites for hydroxylation is 1. The van der Waals surface area contributed by atoms with Crippen molar-refractivity contribution in [1.29, 1.82) is 0 Å². The molecule has 1 aromatic carbocycles. The zero-order valence-corrected chi connectivity index (χ0v) is 16.8. The van der Waals surface area contributed by atoms with Crippen molar-refractivity contribution < 1.29 is 9.32 Å². The summed E-state index contributed by atoms with van der Waals surface area (Å²) < 4.78 is 6.35. The summed E-state index contributed by atoms with van der Waals surface area (Å²) >= 11 is 3.35. The van der Waals surface area contributed by atoms with E-state index in [0.717, 1.165) is 27.1 Å². The zero-order chi connectivity index (χ0) is 18.7. The molecule has 7 heteroatoms. The number of anilines is 1. The molecule has 1 N–H and O–H groups in total. The highest BCUT2D eigenvalue weighted by atomic mass is 32.2. The van der Waals surface area contributed by atoms with Gasteiger partial charge in [0.05, 0.1) is 0 Å².